The molecule has 106 valence electrons. The third-order valence-corrected chi connectivity index (χ3v) is 3.33. The van der Waals surface area contributed by atoms with E-state index in [2.05, 4.69) is 5.32 Å². The lowest BCUT2D eigenvalue weighted by Crippen LogP contribution is -2.33. The number of aryl methyl sites for hydroxylation is 1. The second-order valence-corrected chi connectivity index (χ2v) is 4.94. The van der Waals surface area contributed by atoms with E-state index in [9.17, 15) is 9.90 Å². The zero-order chi connectivity index (χ0) is 14.5. The zero-order valence-electron chi connectivity index (χ0n) is 11.7. The molecule has 1 unspecified atom stereocenters. The van der Waals surface area contributed by atoms with Crippen LogP contribution < -0.4 is 5.32 Å². The molecule has 4 nitrogen and oxygen atoms in total. The summed E-state index contributed by atoms with van der Waals surface area (Å²) in [6.45, 7) is 3.69. The van der Waals surface area contributed by atoms with Crippen molar-refractivity contribution in [2.24, 2.45) is 0 Å². The number of aromatic hydroxyl groups is 1. The number of nitrogens with one attached hydrogen (secondary N) is 1. The smallest absolute Gasteiger partial charge is 0.251 e. The standard InChI is InChI=1S/C16H19NO3/c1-11(8-9-13-5-4-10-20-13)17-16(19)14-6-3-7-15(18)12(14)2/h3-7,10-11,18H,8-9H2,1-2H3,(H,17,19). The predicted molar refractivity (Wildman–Crippen MR) is 76.8 cm³/mol. The second kappa shape index (κ2) is 6.28. The highest BCUT2D eigenvalue weighted by molar-refractivity contribution is 5.96. The van der Waals surface area contributed by atoms with Crippen molar-refractivity contribution in [2.75, 3.05) is 0 Å². The van der Waals surface area contributed by atoms with Crippen LogP contribution in [0.1, 0.15) is 35.0 Å². The number of benzene rings is 1. The molecule has 1 aromatic carbocycles. The Morgan fingerprint density at radius 2 is 2.15 bits per heavy atom. The van der Waals surface area contributed by atoms with E-state index in [1.165, 1.54) is 0 Å². The molecule has 2 rings (SSSR count). The van der Waals surface area contributed by atoms with E-state index >= 15 is 0 Å². The Hall–Kier alpha value is -2.23. The van der Waals surface area contributed by atoms with Gasteiger partial charge < -0.3 is 14.8 Å². The predicted octanol–water partition coefficient (Wildman–Crippen LogP) is 3.04. The molecule has 0 spiro atoms. The van der Waals surface area contributed by atoms with E-state index in [4.69, 9.17) is 4.42 Å². The minimum atomic E-state index is -0.162. The van der Waals surface area contributed by atoms with Gasteiger partial charge in [-0.1, -0.05) is 6.07 Å². The van der Waals surface area contributed by atoms with Gasteiger partial charge in [-0.3, -0.25) is 4.79 Å². The number of carbonyl (C=O) groups is 1. The van der Waals surface area contributed by atoms with E-state index in [-0.39, 0.29) is 17.7 Å². The molecule has 2 aromatic rings. The van der Waals surface area contributed by atoms with Crippen molar-refractivity contribution in [1.82, 2.24) is 5.32 Å². The van der Waals surface area contributed by atoms with Crippen molar-refractivity contribution in [3.05, 3.63) is 53.5 Å². The van der Waals surface area contributed by atoms with Gasteiger partial charge in [-0.05, 0) is 44.5 Å². The molecule has 0 bridgehead atoms. The lowest BCUT2D eigenvalue weighted by molar-refractivity contribution is 0.0937. The van der Waals surface area contributed by atoms with Gasteiger partial charge in [0.15, 0.2) is 0 Å². The minimum absolute atomic E-state index is 0.0364. The van der Waals surface area contributed by atoms with Crippen LogP contribution in [0.5, 0.6) is 5.75 Å². The first kappa shape index (κ1) is 14.2. The van der Waals surface area contributed by atoms with E-state index in [1.807, 2.05) is 19.1 Å². The largest absolute Gasteiger partial charge is 0.508 e. The molecule has 0 aliphatic carbocycles. The number of hydrogen-bond donors (Lipinski definition) is 2. The van der Waals surface area contributed by atoms with Crippen LogP contribution in [0.2, 0.25) is 0 Å². The van der Waals surface area contributed by atoms with Crippen molar-refractivity contribution in [3.63, 3.8) is 0 Å². The monoisotopic (exact) mass is 273 g/mol. The summed E-state index contributed by atoms with van der Waals surface area (Å²) in [6.07, 6.45) is 3.24. The third kappa shape index (κ3) is 3.41. The third-order valence-electron chi connectivity index (χ3n) is 3.33. The molecule has 1 amide bonds. The molecule has 0 radical (unpaired) electrons. The van der Waals surface area contributed by atoms with Crippen LogP contribution in [-0.2, 0) is 6.42 Å². The molecule has 0 fully saturated rings. The molecule has 0 saturated heterocycles. The van der Waals surface area contributed by atoms with E-state index in [1.54, 1.807) is 31.4 Å². The molecule has 0 aliphatic heterocycles. The number of hydrogen-bond acceptors (Lipinski definition) is 3. The van der Waals surface area contributed by atoms with Gasteiger partial charge in [0.1, 0.15) is 11.5 Å². The Labute approximate surface area is 118 Å². The molecule has 20 heavy (non-hydrogen) atoms. The Balaban J connectivity index is 1.92. The van der Waals surface area contributed by atoms with Crippen LogP contribution in [0, 0.1) is 6.92 Å². The molecular weight excluding hydrogens is 254 g/mol. The molecule has 0 saturated carbocycles. The van der Waals surface area contributed by atoms with Crippen LogP contribution in [0.25, 0.3) is 0 Å². The number of phenols is 1. The number of phenolic OH excluding ortho intramolecular Hbond substituents is 1. The number of carbonyl (C=O) groups excluding carboxylic acids is 1. The Morgan fingerprint density at radius 1 is 1.35 bits per heavy atom. The summed E-state index contributed by atoms with van der Waals surface area (Å²) in [5.41, 5.74) is 1.11. The van der Waals surface area contributed by atoms with Gasteiger partial charge in [-0.2, -0.15) is 0 Å². The molecule has 2 N–H and O–H groups in total. The van der Waals surface area contributed by atoms with Crippen molar-refractivity contribution >= 4 is 5.91 Å². The van der Waals surface area contributed by atoms with Gasteiger partial charge in [-0.15, -0.1) is 0 Å². The number of furan rings is 1. The van der Waals surface area contributed by atoms with Crippen LogP contribution in [0.4, 0.5) is 0 Å². The fraction of sp³-hybridized carbons (Fsp3) is 0.312. The van der Waals surface area contributed by atoms with Gasteiger partial charge in [0.05, 0.1) is 6.26 Å². The summed E-state index contributed by atoms with van der Waals surface area (Å²) in [4.78, 5) is 12.1. The quantitative estimate of drug-likeness (QED) is 0.880. The zero-order valence-corrected chi connectivity index (χ0v) is 11.7. The van der Waals surface area contributed by atoms with Gasteiger partial charge in [0.25, 0.3) is 5.91 Å². The maximum atomic E-state index is 12.1. The lowest BCUT2D eigenvalue weighted by atomic mass is 10.1. The summed E-state index contributed by atoms with van der Waals surface area (Å²) in [7, 11) is 0. The highest BCUT2D eigenvalue weighted by atomic mass is 16.3. The van der Waals surface area contributed by atoms with Crippen LogP contribution in [0.15, 0.2) is 41.0 Å². The topological polar surface area (TPSA) is 62.5 Å². The van der Waals surface area contributed by atoms with Crippen LogP contribution >= 0.6 is 0 Å². The van der Waals surface area contributed by atoms with E-state index < -0.39 is 0 Å². The average molecular weight is 273 g/mol. The molecule has 0 aliphatic rings. The van der Waals surface area contributed by atoms with Crippen molar-refractivity contribution in [2.45, 2.75) is 32.7 Å². The molecule has 1 aromatic heterocycles. The van der Waals surface area contributed by atoms with Gasteiger partial charge in [-0.25, -0.2) is 0 Å². The average Bonchev–Trinajstić information content (AvgIpc) is 2.92. The summed E-state index contributed by atoms with van der Waals surface area (Å²) in [5, 5.41) is 12.6. The van der Waals surface area contributed by atoms with Crippen molar-refractivity contribution in [1.29, 1.82) is 0 Å². The highest BCUT2D eigenvalue weighted by Crippen LogP contribution is 2.19. The molecule has 1 heterocycles. The van der Waals surface area contributed by atoms with Crippen molar-refractivity contribution < 1.29 is 14.3 Å². The summed E-state index contributed by atoms with van der Waals surface area (Å²) in [5.74, 6) is 0.894. The summed E-state index contributed by atoms with van der Waals surface area (Å²) in [6, 6.07) is 8.78. The molecular formula is C16H19NO3. The Kier molecular flexibility index (Phi) is 4.45. The van der Waals surface area contributed by atoms with Gasteiger partial charge >= 0.3 is 0 Å². The van der Waals surface area contributed by atoms with Gasteiger partial charge in [0, 0.05) is 23.6 Å². The van der Waals surface area contributed by atoms with E-state index in [0.717, 1.165) is 18.6 Å². The summed E-state index contributed by atoms with van der Waals surface area (Å²) >= 11 is 0. The number of amides is 1. The molecule has 1 atom stereocenters. The Morgan fingerprint density at radius 3 is 2.85 bits per heavy atom. The van der Waals surface area contributed by atoms with Crippen LogP contribution in [0.3, 0.4) is 0 Å². The first-order valence-electron chi connectivity index (χ1n) is 6.69. The van der Waals surface area contributed by atoms with Crippen molar-refractivity contribution in [3.8, 4) is 5.75 Å². The maximum Gasteiger partial charge on any atom is 0.251 e. The van der Waals surface area contributed by atoms with E-state index in [0.29, 0.717) is 11.1 Å². The lowest BCUT2D eigenvalue weighted by Gasteiger charge is -2.14. The van der Waals surface area contributed by atoms with Gasteiger partial charge in [0.2, 0.25) is 0 Å². The maximum absolute atomic E-state index is 12.1. The number of rotatable bonds is 5. The minimum Gasteiger partial charge on any atom is -0.508 e. The first-order chi connectivity index (χ1) is 9.58. The summed E-state index contributed by atoms with van der Waals surface area (Å²) < 4.78 is 5.26. The fourth-order valence-electron chi connectivity index (χ4n) is 2.06. The van der Waals surface area contributed by atoms with Crippen LogP contribution in [-0.4, -0.2) is 17.1 Å². The fourth-order valence-corrected chi connectivity index (χ4v) is 2.06. The SMILES string of the molecule is Cc1c(O)cccc1C(=O)NC(C)CCc1ccco1. The second-order valence-electron chi connectivity index (χ2n) is 4.94. The first-order valence-corrected chi connectivity index (χ1v) is 6.69. The molecule has 4 heteroatoms. The highest BCUT2D eigenvalue weighted by Gasteiger charge is 2.14. The normalized spacial score (nSPS) is 12.1. The Bertz CT molecular complexity index is 575.